The van der Waals surface area contributed by atoms with Gasteiger partial charge in [-0.1, -0.05) is 0 Å². The molecular weight excluding hydrogens is 355 g/mol. The van der Waals surface area contributed by atoms with E-state index in [1.54, 1.807) is 19.1 Å². The van der Waals surface area contributed by atoms with Crippen molar-refractivity contribution in [2.75, 3.05) is 5.32 Å². The molecule has 0 spiro atoms. The number of aromatic amines is 1. The smallest absolute Gasteiger partial charge is 0.303 e. The molecule has 10 heteroatoms. The Hall–Kier alpha value is -2.93. The summed E-state index contributed by atoms with van der Waals surface area (Å²) < 4.78 is 37.1. The van der Waals surface area contributed by atoms with Gasteiger partial charge in [0.25, 0.3) is 5.91 Å². The third-order valence-corrected chi connectivity index (χ3v) is 4.25. The molecule has 0 saturated heterocycles. The van der Waals surface area contributed by atoms with E-state index < -0.39 is 18.5 Å². The summed E-state index contributed by atoms with van der Waals surface area (Å²) in [5, 5.41) is 19.9. The molecule has 0 aliphatic carbocycles. The second kappa shape index (κ2) is 6.18. The molecule has 0 aliphatic heterocycles. The fraction of sp³-hybridized carbons (Fsp3) is 0.200. The average Bonchev–Trinajstić information content (AvgIpc) is 3.12. The number of thiazole rings is 1. The van der Waals surface area contributed by atoms with Crippen LogP contribution in [-0.2, 0) is 6.42 Å². The number of nitriles is 1. The maximum Gasteiger partial charge on any atom is 0.395 e. The molecule has 0 bridgehead atoms. The summed E-state index contributed by atoms with van der Waals surface area (Å²) in [7, 11) is 0. The predicted octanol–water partition coefficient (Wildman–Crippen LogP) is 3.56. The number of anilines is 1. The summed E-state index contributed by atoms with van der Waals surface area (Å²) in [4.78, 5) is 15.9. The van der Waals surface area contributed by atoms with Crippen LogP contribution in [0.25, 0.3) is 10.9 Å². The summed E-state index contributed by atoms with van der Waals surface area (Å²) in [5.41, 5.74) is 1.65. The number of fused-ring (bicyclic) bond motifs is 1. The van der Waals surface area contributed by atoms with Crippen LogP contribution in [-0.4, -0.2) is 27.3 Å². The molecule has 6 nitrogen and oxygen atoms in total. The van der Waals surface area contributed by atoms with Crippen LogP contribution in [0.3, 0.4) is 0 Å². The van der Waals surface area contributed by atoms with Gasteiger partial charge in [0.05, 0.1) is 23.6 Å². The molecule has 0 fully saturated rings. The monoisotopic (exact) mass is 365 g/mol. The van der Waals surface area contributed by atoms with Gasteiger partial charge in [0, 0.05) is 10.8 Å². The molecule has 1 aromatic carbocycles. The summed E-state index contributed by atoms with van der Waals surface area (Å²) >= 11 is 0.772. The second-order valence-corrected chi connectivity index (χ2v) is 6.21. The van der Waals surface area contributed by atoms with Crippen LogP contribution in [0.15, 0.2) is 17.5 Å². The summed E-state index contributed by atoms with van der Waals surface area (Å²) in [5.74, 6) is -0.432. The number of nitrogens with one attached hydrogen (secondary N) is 2. The van der Waals surface area contributed by atoms with Crippen LogP contribution in [0.1, 0.15) is 26.6 Å². The number of alkyl halides is 3. The van der Waals surface area contributed by atoms with E-state index in [2.05, 4.69) is 20.5 Å². The van der Waals surface area contributed by atoms with E-state index in [0.717, 1.165) is 11.3 Å². The molecule has 0 atom stereocenters. The molecule has 2 N–H and O–H groups in total. The first-order chi connectivity index (χ1) is 11.8. The van der Waals surface area contributed by atoms with Crippen molar-refractivity contribution in [1.29, 1.82) is 5.26 Å². The van der Waals surface area contributed by atoms with Gasteiger partial charge in [0.2, 0.25) is 0 Å². The van der Waals surface area contributed by atoms with Crippen molar-refractivity contribution in [3.05, 3.63) is 39.3 Å². The lowest BCUT2D eigenvalue weighted by molar-refractivity contribution is -0.127. The Morgan fingerprint density at radius 3 is 2.88 bits per heavy atom. The second-order valence-electron chi connectivity index (χ2n) is 5.27. The van der Waals surface area contributed by atoms with Gasteiger partial charge >= 0.3 is 6.18 Å². The van der Waals surface area contributed by atoms with Gasteiger partial charge in [-0.2, -0.15) is 23.5 Å². The Morgan fingerprint density at radius 2 is 2.20 bits per heavy atom. The van der Waals surface area contributed by atoms with Crippen molar-refractivity contribution < 1.29 is 18.0 Å². The maximum absolute atomic E-state index is 12.4. The number of carbonyl (C=O) groups is 1. The molecular formula is C15H10F3N5OS. The molecule has 1 amide bonds. The minimum absolute atomic E-state index is 0.106. The van der Waals surface area contributed by atoms with Crippen molar-refractivity contribution in [3.8, 4) is 6.07 Å². The molecule has 0 aliphatic rings. The first kappa shape index (κ1) is 16.9. The van der Waals surface area contributed by atoms with E-state index in [0.29, 0.717) is 22.0 Å². The van der Waals surface area contributed by atoms with E-state index in [1.807, 2.05) is 6.07 Å². The number of aromatic nitrogens is 3. The molecule has 2 aromatic heterocycles. The quantitative estimate of drug-likeness (QED) is 0.742. The number of benzene rings is 1. The van der Waals surface area contributed by atoms with Crippen LogP contribution in [0.5, 0.6) is 0 Å². The highest BCUT2D eigenvalue weighted by molar-refractivity contribution is 7.09. The molecule has 0 unspecified atom stereocenters. The number of aryl methyl sites for hydroxylation is 1. The van der Waals surface area contributed by atoms with Gasteiger partial charge in [-0.25, -0.2) is 4.98 Å². The molecule has 0 radical (unpaired) electrons. The number of hydrogen-bond acceptors (Lipinski definition) is 5. The lowest BCUT2D eigenvalue weighted by Crippen LogP contribution is -2.14. The van der Waals surface area contributed by atoms with Gasteiger partial charge in [0.1, 0.15) is 10.7 Å². The first-order valence-electron chi connectivity index (χ1n) is 6.98. The Bertz CT molecular complexity index is 999. The SMILES string of the molecule is Cc1cc2c(NC(=O)c3csc(CC(F)(F)F)n3)n[nH]c2cc1C#N. The van der Waals surface area contributed by atoms with Gasteiger partial charge < -0.3 is 5.32 Å². The average molecular weight is 365 g/mol. The van der Waals surface area contributed by atoms with Crippen molar-refractivity contribution >= 4 is 34.0 Å². The summed E-state index contributed by atoms with van der Waals surface area (Å²) in [6.07, 6.45) is -5.55. The van der Waals surface area contributed by atoms with Gasteiger partial charge in [-0.05, 0) is 24.6 Å². The topological polar surface area (TPSA) is 94.5 Å². The molecule has 0 saturated carbocycles. The Morgan fingerprint density at radius 1 is 1.44 bits per heavy atom. The van der Waals surface area contributed by atoms with E-state index in [9.17, 15) is 18.0 Å². The minimum atomic E-state index is -4.38. The Balaban J connectivity index is 1.83. The molecule has 3 aromatic rings. The normalized spacial score (nSPS) is 11.5. The van der Waals surface area contributed by atoms with E-state index in [-0.39, 0.29) is 16.5 Å². The highest BCUT2D eigenvalue weighted by Crippen LogP contribution is 2.26. The Labute approximate surface area is 143 Å². The summed E-state index contributed by atoms with van der Waals surface area (Å²) in [6, 6.07) is 5.36. The van der Waals surface area contributed by atoms with Gasteiger partial charge in [-0.15, -0.1) is 11.3 Å². The highest BCUT2D eigenvalue weighted by Gasteiger charge is 2.29. The van der Waals surface area contributed by atoms with Gasteiger partial charge in [0.15, 0.2) is 5.82 Å². The zero-order valence-corrected chi connectivity index (χ0v) is 13.5. The lowest BCUT2D eigenvalue weighted by atomic mass is 10.1. The van der Waals surface area contributed by atoms with E-state index >= 15 is 0 Å². The largest absolute Gasteiger partial charge is 0.395 e. The van der Waals surface area contributed by atoms with Crippen molar-refractivity contribution in [1.82, 2.24) is 15.2 Å². The summed E-state index contributed by atoms with van der Waals surface area (Å²) in [6.45, 7) is 1.75. The standard InChI is InChI=1S/C15H10F3N5OS/c1-7-2-9-10(3-8(7)5-19)22-23-13(9)21-14(24)11-6-25-12(20-11)4-15(16,17)18/h2-3,6H,4H2,1H3,(H2,21,22,23,24). The first-order valence-corrected chi connectivity index (χ1v) is 7.86. The van der Waals surface area contributed by atoms with Crippen molar-refractivity contribution in [3.63, 3.8) is 0 Å². The van der Waals surface area contributed by atoms with E-state index in [1.165, 1.54) is 5.38 Å². The lowest BCUT2D eigenvalue weighted by Gasteiger charge is -2.02. The van der Waals surface area contributed by atoms with Gasteiger partial charge in [-0.3, -0.25) is 9.89 Å². The number of amides is 1. The van der Waals surface area contributed by atoms with Crippen LogP contribution < -0.4 is 5.32 Å². The Kier molecular flexibility index (Phi) is 4.18. The van der Waals surface area contributed by atoms with Crippen LogP contribution >= 0.6 is 11.3 Å². The number of carbonyl (C=O) groups excluding carboxylic acids is 1. The molecule has 3 rings (SSSR count). The fourth-order valence-electron chi connectivity index (χ4n) is 2.23. The van der Waals surface area contributed by atoms with E-state index in [4.69, 9.17) is 5.26 Å². The molecule has 25 heavy (non-hydrogen) atoms. The van der Waals surface area contributed by atoms with Crippen molar-refractivity contribution in [2.45, 2.75) is 19.5 Å². The third kappa shape index (κ3) is 3.61. The number of H-pyrrole nitrogens is 1. The zero-order chi connectivity index (χ0) is 18.2. The fourth-order valence-corrected chi connectivity index (χ4v) is 3.03. The minimum Gasteiger partial charge on any atom is -0.303 e. The van der Waals surface area contributed by atoms with Crippen LogP contribution in [0.4, 0.5) is 19.0 Å². The predicted molar refractivity (Wildman–Crippen MR) is 85.4 cm³/mol. The van der Waals surface area contributed by atoms with Crippen molar-refractivity contribution in [2.24, 2.45) is 0 Å². The number of hydrogen-bond donors (Lipinski definition) is 2. The number of nitrogens with zero attached hydrogens (tertiary/aromatic N) is 3. The molecule has 2 heterocycles. The van der Waals surface area contributed by atoms with Crippen LogP contribution in [0.2, 0.25) is 0 Å². The van der Waals surface area contributed by atoms with Crippen LogP contribution in [0, 0.1) is 18.3 Å². The number of rotatable bonds is 3. The number of halogens is 3. The third-order valence-electron chi connectivity index (χ3n) is 3.40. The maximum atomic E-state index is 12.4. The highest BCUT2D eigenvalue weighted by atomic mass is 32.1. The zero-order valence-electron chi connectivity index (χ0n) is 12.7. The molecule has 128 valence electrons.